The predicted molar refractivity (Wildman–Crippen MR) is 71.1 cm³/mol. The van der Waals surface area contributed by atoms with E-state index < -0.39 is 0 Å². The van der Waals surface area contributed by atoms with Crippen LogP contribution in [0, 0.1) is 0 Å². The number of hydrogen-bond donors (Lipinski definition) is 1. The molecule has 0 heterocycles. The largest absolute Gasteiger partial charge is 0.483 e. The van der Waals surface area contributed by atoms with Crippen LogP contribution in [0.25, 0.3) is 0 Å². The number of rotatable bonds is 4. The SMILES string of the molecule is CCc1cccc(CN(C)C(C)C)c1.O=CO. The molecule has 3 heteroatoms. The van der Waals surface area contributed by atoms with Crippen LogP contribution in [0.2, 0.25) is 0 Å². The quantitative estimate of drug-likeness (QED) is 0.819. The van der Waals surface area contributed by atoms with Crippen molar-refractivity contribution in [3.63, 3.8) is 0 Å². The van der Waals surface area contributed by atoms with E-state index in [0.717, 1.165) is 13.0 Å². The van der Waals surface area contributed by atoms with E-state index >= 15 is 0 Å². The van der Waals surface area contributed by atoms with Gasteiger partial charge in [-0.05, 0) is 38.4 Å². The predicted octanol–water partition coefficient (Wildman–Crippen LogP) is 2.79. The fourth-order valence-corrected chi connectivity index (χ4v) is 1.42. The average Bonchev–Trinajstić information content (AvgIpc) is 2.30. The molecule has 0 saturated carbocycles. The molecule has 0 spiro atoms. The summed E-state index contributed by atoms with van der Waals surface area (Å²) in [5.41, 5.74) is 2.85. The molecule has 1 rings (SSSR count). The molecule has 0 amide bonds. The van der Waals surface area contributed by atoms with E-state index in [-0.39, 0.29) is 6.47 Å². The Hall–Kier alpha value is -1.35. The molecule has 0 radical (unpaired) electrons. The molecule has 0 aliphatic rings. The first-order valence-electron chi connectivity index (χ1n) is 5.91. The van der Waals surface area contributed by atoms with Gasteiger partial charge in [-0.25, -0.2) is 0 Å². The van der Waals surface area contributed by atoms with Gasteiger partial charge in [0.15, 0.2) is 0 Å². The van der Waals surface area contributed by atoms with Crippen molar-refractivity contribution in [1.29, 1.82) is 0 Å². The van der Waals surface area contributed by atoms with Gasteiger partial charge in [0.25, 0.3) is 6.47 Å². The van der Waals surface area contributed by atoms with E-state index in [9.17, 15) is 0 Å². The molecular formula is C14H23NO2. The van der Waals surface area contributed by atoms with Crippen LogP contribution in [0.15, 0.2) is 24.3 Å². The topological polar surface area (TPSA) is 40.5 Å². The summed E-state index contributed by atoms with van der Waals surface area (Å²) in [4.78, 5) is 10.7. The Morgan fingerprint density at radius 3 is 2.35 bits per heavy atom. The molecule has 0 saturated heterocycles. The van der Waals surface area contributed by atoms with Crippen molar-refractivity contribution in [2.45, 2.75) is 39.8 Å². The summed E-state index contributed by atoms with van der Waals surface area (Å²) in [6.45, 7) is 7.45. The molecular weight excluding hydrogens is 214 g/mol. The number of carboxylic acid groups (broad SMARTS) is 1. The van der Waals surface area contributed by atoms with Crippen LogP contribution < -0.4 is 0 Å². The Morgan fingerprint density at radius 2 is 1.88 bits per heavy atom. The highest BCUT2D eigenvalue weighted by Gasteiger charge is 2.03. The van der Waals surface area contributed by atoms with Gasteiger partial charge in [-0.3, -0.25) is 9.69 Å². The maximum Gasteiger partial charge on any atom is 0.290 e. The third kappa shape index (κ3) is 6.74. The molecule has 0 aliphatic heterocycles. The van der Waals surface area contributed by atoms with Gasteiger partial charge in [0.2, 0.25) is 0 Å². The molecule has 1 aromatic rings. The van der Waals surface area contributed by atoms with Crippen molar-refractivity contribution < 1.29 is 9.90 Å². The van der Waals surface area contributed by atoms with Gasteiger partial charge in [-0.2, -0.15) is 0 Å². The standard InChI is InChI=1S/C13H21N.CH2O2/c1-5-12-7-6-8-13(9-12)10-14(4)11(2)3;2-1-3/h6-9,11H,5,10H2,1-4H3;1H,(H,2,3). The zero-order valence-corrected chi connectivity index (χ0v) is 11.2. The molecule has 96 valence electrons. The summed E-state index contributed by atoms with van der Waals surface area (Å²) in [5, 5.41) is 6.89. The van der Waals surface area contributed by atoms with Crippen molar-refractivity contribution in [3.8, 4) is 0 Å². The van der Waals surface area contributed by atoms with Crippen molar-refractivity contribution in [2.75, 3.05) is 7.05 Å². The lowest BCUT2D eigenvalue weighted by Crippen LogP contribution is -2.25. The highest BCUT2D eigenvalue weighted by atomic mass is 16.3. The van der Waals surface area contributed by atoms with Gasteiger partial charge in [0.1, 0.15) is 0 Å². The van der Waals surface area contributed by atoms with E-state index in [0.29, 0.717) is 6.04 Å². The minimum atomic E-state index is -0.250. The lowest BCUT2D eigenvalue weighted by Gasteiger charge is -2.21. The third-order valence-electron chi connectivity index (χ3n) is 2.71. The maximum absolute atomic E-state index is 8.36. The van der Waals surface area contributed by atoms with Crippen LogP contribution in [0.3, 0.4) is 0 Å². The monoisotopic (exact) mass is 237 g/mol. The smallest absolute Gasteiger partial charge is 0.290 e. The third-order valence-corrected chi connectivity index (χ3v) is 2.71. The fourth-order valence-electron chi connectivity index (χ4n) is 1.42. The molecule has 0 bridgehead atoms. The lowest BCUT2D eigenvalue weighted by atomic mass is 10.1. The minimum absolute atomic E-state index is 0.250. The summed E-state index contributed by atoms with van der Waals surface area (Å²) in [7, 11) is 2.17. The van der Waals surface area contributed by atoms with Crippen LogP contribution in [-0.2, 0) is 17.8 Å². The number of benzene rings is 1. The highest BCUT2D eigenvalue weighted by molar-refractivity contribution is 5.32. The van der Waals surface area contributed by atoms with E-state index in [2.05, 4.69) is 57.0 Å². The molecule has 1 N–H and O–H groups in total. The molecule has 1 aromatic carbocycles. The molecule has 0 fully saturated rings. The second-order valence-electron chi connectivity index (χ2n) is 4.29. The Kier molecular flexibility index (Phi) is 8.07. The number of aryl methyl sites for hydroxylation is 1. The Morgan fingerprint density at radius 1 is 1.35 bits per heavy atom. The van der Waals surface area contributed by atoms with Gasteiger partial charge in [-0.15, -0.1) is 0 Å². The number of nitrogens with zero attached hydrogens (tertiary/aromatic N) is 1. The summed E-state index contributed by atoms with van der Waals surface area (Å²) in [5.74, 6) is 0. The molecule has 0 unspecified atom stereocenters. The number of carbonyl (C=O) groups is 1. The fraction of sp³-hybridized carbons (Fsp3) is 0.500. The van der Waals surface area contributed by atoms with Gasteiger partial charge >= 0.3 is 0 Å². The van der Waals surface area contributed by atoms with E-state index in [1.165, 1.54) is 11.1 Å². The second-order valence-corrected chi connectivity index (χ2v) is 4.29. The molecule has 0 aliphatic carbocycles. The summed E-state index contributed by atoms with van der Waals surface area (Å²) in [6.07, 6.45) is 1.12. The summed E-state index contributed by atoms with van der Waals surface area (Å²) < 4.78 is 0. The van der Waals surface area contributed by atoms with Crippen molar-refractivity contribution in [1.82, 2.24) is 4.90 Å². The second kappa shape index (κ2) is 8.76. The van der Waals surface area contributed by atoms with Crippen LogP contribution in [0.5, 0.6) is 0 Å². The van der Waals surface area contributed by atoms with Crippen molar-refractivity contribution in [3.05, 3.63) is 35.4 Å². The van der Waals surface area contributed by atoms with E-state index in [1.54, 1.807) is 0 Å². The minimum Gasteiger partial charge on any atom is -0.483 e. The summed E-state index contributed by atoms with van der Waals surface area (Å²) >= 11 is 0. The highest BCUT2D eigenvalue weighted by Crippen LogP contribution is 2.09. The van der Waals surface area contributed by atoms with Crippen LogP contribution in [0.4, 0.5) is 0 Å². The first-order valence-corrected chi connectivity index (χ1v) is 5.91. The molecule has 0 aromatic heterocycles. The molecule has 3 nitrogen and oxygen atoms in total. The normalized spacial score (nSPS) is 10.0. The first-order chi connectivity index (χ1) is 8.04. The van der Waals surface area contributed by atoms with Gasteiger partial charge < -0.3 is 5.11 Å². The Labute approximate surface area is 104 Å². The van der Waals surface area contributed by atoms with Gasteiger partial charge in [0.05, 0.1) is 0 Å². The van der Waals surface area contributed by atoms with Crippen LogP contribution in [-0.4, -0.2) is 29.6 Å². The van der Waals surface area contributed by atoms with Crippen LogP contribution >= 0.6 is 0 Å². The van der Waals surface area contributed by atoms with Crippen molar-refractivity contribution in [2.24, 2.45) is 0 Å². The first kappa shape index (κ1) is 15.7. The molecule has 17 heavy (non-hydrogen) atoms. The Bertz CT molecular complexity index is 324. The molecule has 0 atom stereocenters. The summed E-state index contributed by atoms with van der Waals surface area (Å²) in [6, 6.07) is 9.47. The van der Waals surface area contributed by atoms with Gasteiger partial charge in [-0.1, -0.05) is 31.2 Å². The zero-order chi connectivity index (χ0) is 13.3. The number of hydrogen-bond acceptors (Lipinski definition) is 2. The zero-order valence-electron chi connectivity index (χ0n) is 11.2. The van der Waals surface area contributed by atoms with Gasteiger partial charge in [0, 0.05) is 12.6 Å². The maximum atomic E-state index is 8.36. The van der Waals surface area contributed by atoms with Crippen molar-refractivity contribution >= 4 is 6.47 Å². The van der Waals surface area contributed by atoms with E-state index in [4.69, 9.17) is 9.90 Å². The lowest BCUT2D eigenvalue weighted by molar-refractivity contribution is -0.122. The van der Waals surface area contributed by atoms with E-state index in [1.807, 2.05) is 0 Å². The van der Waals surface area contributed by atoms with Crippen LogP contribution in [0.1, 0.15) is 31.9 Å². The average molecular weight is 237 g/mol. The Balaban J connectivity index is 0.000000770.